The number of halogens is 1. The van der Waals surface area contributed by atoms with Crippen LogP contribution in [-0.4, -0.2) is 22.9 Å². The predicted molar refractivity (Wildman–Crippen MR) is 78.3 cm³/mol. The number of aromatic nitrogens is 2. The molecule has 3 rings (SSSR count). The first-order chi connectivity index (χ1) is 10.2. The summed E-state index contributed by atoms with van der Waals surface area (Å²) in [5.41, 5.74) is 2.09. The average molecular weight is 284 g/mol. The molecule has 0 radical (unpaired) electrons. The van der Waals surface area contributed by atoms with E-state index in [4.69, 9.17) is 5.26 Å². The van der Waals surface area contributed by atoms with Crippen LogP contribution in [0.1, 0.15) is 17.5 Å². The van der Waals surface area contributed by atoms with Crippen molar-refractivity contribution in [2.24, 2.45) is 13.0 Å². The van der Waals surface area contributed by atoms with E-state index in [9.17, 15) is 4.39 Å². The van der Waals surface area contributed by atoms with Gasteiger partial charge in [-0.2, -0.15) is 10.4 Å². The van der Waals surface area contributed by atoms with Crippen molar-refractivity contribution in [1.29, 1.82) is 5.26 Å². The summed E-state index contributed by atoms with van der Waals surface area (Å²) in [7, 11) is 1.91. The van der Waals surface area contributed by atoms with Crippen molar-refractivity contribution in [2.75, 3.05) is 18.0 Å². The van der Waals surface area contributed by atoms with Gasteiger partial charge in [0.2, 0.25) is 0 Å². The largest absolute Gasteiger partial charge is 0.370 e. The van der Waals surface area contributed by atoms with E-state index in [2.05, 4.69) is 10.00 Å². The zero-order chi connectivity index (χ0) is 14.8. The van der Waals surface area contributed by atoms with E-state index < -0.39 is 5.82 Å². The molecule has 0 saturated carbocycles. The number of rotatable bonds is 3. The van der Waals surface area contributed by atoms with Crippen molar-refractivity contribution in [3.8, 4) is 6.07 Å². The van der Waals surface area contributed by atoms with E-state index in [0.29, 0.717) is 11.6 Å². The topological polar surface area (TPSA) is 44.9 Å². The molecule has 0 N–H and O–H groups in total. The highest BCUT2D eigenvalue weighted by atomic mass is 19.1. The van der Waals surface area contributed by atoms with Gasteiger partial charge in [0.15, 0.2) is 0 Å². The molecule has 108 valence electrons. The van der Waals surface area contributed by atoms with E-state index in [1.165, 1.54) is 11.6 Å². The maximum absolute atomic E-state index is 13.7. The van der Waals surface area contributed by atoms with Crippen molar-refractivity contribution >= 4 is 5.69 Å². The van der Waals surface area contributed by atoms with Gasteiger partial charge in [0.05, 0.1) is 11.9 Å². The van der Waals surface area contributed by atoms with Crippen LogP contribution in [0.3, 0.4) is 0 Å². The predicted octanol–water partition coefficient (Wildman–Crippen LogP) is 2.50. The molecule has 1 aromatic heterocycles. The van der Waals surface area contributed by atoms with Gasteiger partial charge in [-0.3, -0.25) is 4.68 Å². The average Bonchev–Trinajstić information content (AvgIpc) is 3.08. The number of aryl methyl sites for hydroxylation is 1. The molecular formula is C16H17FN4. The van der Waals surface area contributed by atoms with Crippen LogP contribution in [0, 0.1) is 23.1 Å². The maximum atomic E-state index is 13.7. The van der Waals surface area contributed by atoms with Crippen LogP contribution in [-0.2, 0) is 13.5 Å². The first-order valence-electron chi connectivity index (χ1n) is 7.08. The first kappa shape index (κ1) is 13.6. The van der Waals surface area contributed by atoms with Gasteiger partial charge >= 0.3 is 0 Å². The highest BCUT2D eigenvalue weighted by molar-refractivity contribution is 5.60. The Bertz CT molecular complexity index is 686. The lowest BCUT2D eigenvalue weighted by molar-refractivity contribution is 0.585. The van der Waals surface area contributed by atoms with Crippen LogP contribution in [0.4, 0.5) is 10.1 Å². The molecule has 1 unspecified atom stereocenters. The monoisotopic (exact) mass is 284 g/mol. The molecule has 0 amide bonds. The van der Waals surface area contributed by atoms with Crippen molar-refractivity contribution in [2.45, 2.75) is 12.8 Å². The van der Waals surface area contributed by atoms with E-state index in [-0.39, 0.29) is 5.56 Å². The summed E-state index contributed by atoms with van der Waals surface area (Å²) in [5.74, 6) is 0.0784. The van der Waals surface area contributed by atoms with Crippen LogP contribution in [0.25, 0.3) is 0 Å². The van der Waals surface area contributed by atoms with Crippen molar-refractivity contribution in [3.05, 3.63) is 47.5 Å². The molecule has 0 bridgehead atoms. The Morgan fingerprint density at radius 3 is 3.05 bits per heavy atom. The molecule has 1 atom stereocenters. The molecule has 0 aliphatic carbocycles. The summed E-state index contributed by atoms with van der Waals surface area (Å²) in [5, 5.41) is 13.3. The molecule has 1 aromatic carbocycles. The Balaban J connectivity index is 1.73. The Labute approximate surface area is 123 Å². The van der Waals surface area contributed by atoms with Crippen LogP contribution >= 0.6 is 0 Å². The fraction of sp³-hybridized carbons (Fsp3) is 0.375. The quantitative estimate of drug-likeness (QED) is 0.870. The van der Waals surface area contributed by atoms with Crippen LogP contribution in [0.2, 0.25) is 0 Å². The van der Waals surface area contributed by atoms with E-state index in [1.54, 1.807) is 6.07 Å². The maximum Gasteiger partial charge on any atom is 0.143 e. The molecule has 1 aliphatic rings. The minimum atomic E-state index is -0.439. The SMILES string of the molecule is Cn1cc(CC2CCN(c3cccc(F)c3C#N)C2)cn1. The smallest absolute Gasteiger partial charge is 0.143 e. The number of nitriles is 1. The summed E-state index contributed by atoms with van der Waals surface area (Å²) in [6, 6.07) is 6.81. The van der Waals surface area contributed by atoms with Crippen molar-refractivity contribution < 1.29 is 4.39 Å². The molecule has 2 aromatic rings. The second-order valence-electron chi connectivity index (χ2n) is 5.57. The highest BCUT2D eigenvalue weighted by Gasteiger charge is 2.25. The highest BCUT2D eigenvalue weighted by Crippen LogP contribution is 2.29. The van der Waals surface area contributed by atoms with Gasteiger partial charge < -0.3 is 4.90 Å². The molecule has 1 aliphatic heterocycles. The molecule has 0 spiro atoms. The van der Waals surface area contributed by atoms with Crippen molar-refractivity contribution in [3.63, 3.8) is 0 Å². The summed E-state index contributed by atoms with van der Waals surface area (Å²) in [4.78, 5) is 2.11. The second-order valence-corrected chi connectivity index (χ2v) is 5.57. The third-order valence-corrected chi connectivity index (χ3v) is 4.01. The van der Waals surface area contributed by atoms with Gasteiger partial charge in [0.1, 0.15) is 17.4 Å². The van der Waals surface area contributed by atoms with Crippen LogP contribution < -0.4 is 4.90 Å². The molecule has 4 nitrogen and oxygen atoms in total. The normalized spacial score (nSPS) is 18.0. The summed E-state index contributed by atoms with van der Waals surface area (Å²) < 4.78 is 15.5. The standard InChI is InChI=1S/C16H17FN4/c1-20-10-13(9-19-20)7-12-5-6-21(11-12)16-4-2-3-15(17)14(16)8-18/h2-4,9-10,12H,5-7,11H2,1H3. The van der Waals surface area contributed by atoms with Gasteiger partial charge in [-0.05, 0) is 36.5 Å². The third-order valence-electron chi connectivity index (χ3n) is 4.01. The Kier molecular flexibility index (Phi) is 3.61. The summed E-state index contributed by atoms with van der Waals surface area (Å²) in [6.07, 6.45) is 5.95. The lowest BCUT2D eigenvalue weighted by Crippen LogP contribution is -2.21. The number of hydrogen-bond acceptors (Lipinski definition) is 3. The van der Waals surface area contributed by atoms with Gasteiger partial charge in [-0.1, -0.05) is 6.07 Å². The molecule has 5 heteroatoms. The Morgan fingerprint density at radius 2 is 2.33 bits per heavy atom. The van der Waals surface area contributed by atoms with Crippen LogP contribution in [0.15, 0.2) is 30.6 Å². The molecule has 1 saturated heterocycles. The van der Waals surface area contributed by atoms with Crippen molar-refractivity contribution in [1.82, 2.24) is 9.78 Å². The fourth-order valence-electron chi connectivity index (χ4n) is 3.02. The first-order valence-corrected chi connectivity index (χ1v) is 7.08. The van der Waals surface area contributed by atoms with Gasteiger partial charge in [0.25, 0.3) is 0 Å². The van der Waals surface area contributed by atoms with Crippen LogP contribution in [0.5, 0.6) is 0 Å². The number of nitrogens with zero attached hydrogens (tertiary/aromatic N) is 4. The summed E-state index contributed by atoms with van der Waals surface area (Å²) in [6.45, 7) is 1.72. The minimum absolute atomic E-state index is 0.152. The molecule has 21 heavy (non-hydrogen) atoms. The van der Waals surface area contributed by atoms with Gasteiger partial charge in [-0.25, -0.2) is 4.39 Å². The lowest BCUT2D eigenvalue weighted by atomic mass is 10.0. The molecular weight excluding hydrogens is 267 g/mol. The Hall–Kier alpha value is -2.35. The number of benzene rings is 1. The number of hydrogen-bond donors (Lipinski definition) is 0. The number of anilines is 1. The fourth-order valence-corrected chi connectivity index (χ4v) is 3.02. The zero-order valence-corrected chi connectivity index (χ0v) is 12.0. The van der Waals surface area contributed by atoms with Gasteiger partial charge in [-0.15, -0.1) is 0 Å². The third kappa shape index (κ3) is 2.75. The zero-order valence-electron chi connectivity index (χ0n) is 12.0. The summed E-state index contributed by atoms with van der Waals surface area (Å²) >= 11 is 0. The van der Waals surface area contributed by atoms with E-state index >= 15 is 0 Å². The minimum Gasteiger partial charge on any atom is -0.370 e. The van der Waals surface area contributed by atoms with E-state index in [1.807, 2.05) is 36.3 Å². The molecule has 2 heterocycles. The second kappa shape index (κ2) is 5.57. The van der Waals surface area contributed by atoms with Gasteiger partial charge in [0, 0.05) is 26.3 Å². The lowest BCUT2D eigenvalue weighted by Gasteiger charge is -2.20. The molecule has 1 fully saturated rings. The van der Waals surface area contributed by atoms with E-state index in [0.717, 1.165) is 25.9 Å². The Morgan fingerprint density at radius 1 is 1.48 bits per heavy atom.